The van der Waals surface area contributed by atoms with Crippen LogP contribution in [0.1, 0.15) is 22.5 Å². The number of nitrogens with two attached hydrogens (primary N) is 1. The van der Waals surface area contributed by atoms with Gasteiger partial charge in [0, 0.05) is 24.8 Å². The molecule has 8 heteroatoms. The van der Waals surface area contributed by atoms with Crippen molar-refractivity contribution < 1.29 is 13.2 Å². The van der Waals surface area contributed by atoms with E-state index in [4.69, 9.17) is 5.73 Å². The molecular formula is C13H16F3N5. The molecule has 2 aromatic rings. The lowest BCUT2D eigenvalue weighted by atomic mass is 10.2. The third-order valence-corrected chi connectivity index (χ3v) is 3.28. The summed E-state index contributed by atoms with van der Waals surface area (Å²) in [7, 11) is 1.81. The van der Waals surface area contributed by atoms with Crippen molar-refractivity contribution >= 4 is 11.6 Å². The van der Waals surface area contributed by atoms with Crippen molar-refractivity contribution in [3.63, 3.8) is 0 Å². The molecule has 0 aliphatic carbocycles. The third-order valence-electron chi connectivity index (χ3n) is 3.28. The van der Waals surface area contributed by atoms with Crippen LogP contribution in [-0.4, -0.2) is 14.8 Å². The Morgan fingerprint density at radius 3 is 2.48 bits per heavy atom. The van der Waals surface area contributed by atoms with Crippen LogP contribution < -0.4 is 11.1 Å². The average molecular weight is 299 g/mol. The summed E-state index contributed by atoms with van der Waals surface area (Å²) in [4.78, 5) is 3.87. The van der Waals surface area contributed by atoms with Crippen molar-refractivity contribution in [2.75, 3.05) is 11.1 Å². The number of hydrogen-bond donors (Lipinski definition) is 2. The molecule has 114 valence electrons. The summed E-state index contributed by atoms with van der Waals surface area (Å²) in [5.74, 6) is -0.0862. The van der Waals surface area contributed by atoms with Gasteiger partial charge in [-0.05, 0) is 26.0 Å². The highest BCUT2D eigenvalue weighted by Crippen LogP contribution is 2.31. The van der Waals surface area contributed by atoms with E-state index in [9.17, 15) is 13.2 Å². The van der Waals surface area contributed by atoms with Gasteiger partial charge in [-0.2, -0.15) is 18.3 Å². The third kappa shape index (κ3) is 3.26. The molecule has 0 unspecified atom stereocenters. The topological polar surface area (TPSA) is 68.8 Å². The van der Waals surface area contributed by atoms with Crippen molar-refractivity contribution in [3.05, 3.63) is 34.6 Å². The first-order valence-electron chi connectivity index (χ1n) is 6.26. The molecule has 0 aliphatic rings. The van der Waals surface area contributed by atoms with Crippen LogP contribution in [0.4, 0.5) is 24.8 Å². The van der Waals surface area contributed by atoms with E-state index in [0.29, 0.717) is 6.54 Å². The van der Waals surface area contributed by atoms with Gasteiger partial charge in [-0.3, -0.25) is 4.68 Å². The van der Waals surface area contributed by atoms with Crippen molar-refractivity contribution in [3.8, 4) is 0 Å². The van der Waals surface area contributed by atoms with Crippen molar-refractivity contribution in [1.29, 1.82) is 0 Å². The van der Waals surface area contributed by atoms with Gasteiger partial charge in [-0.25, -0.2) is 4.98 Å². The summed E-state index contributed by atoms with van der Waals surface area (Å²) in [6, 6.07) is 1.75. The molecule has 0 aliphatic heterocycles. The second-order valence-electron chi connectivity index (χ2n) is 4.79. The van der Waals surface area contributed by atoms with E-state index in [1.54, 1.807) is 4.68 Å². The number of hydrogen-bond acceptors (Lipinski definition) is 4. The Hall–Kier alpha value is -2.25. The number of nitrogen functional groups attached to an aromatic ring is 1. The molecule has 21 heavy (non-hydrogen) atoms. The van der Waals surface area contributed by atoms with Gasteiger partial charge in [0.1, 0.15) is 11.6 Å². The molecule has 0 saturated carbocycles. The standard InChI is InChI=1S/C13H16F3N5/c1-7-10(8(2)21(3)20-7)6-18-12-5-9(13(14,15)16)4-11(17)19-12/h4-5H,6H2,1-3H3,(H3,17,18,19). The van der Waals surface area contributed by atoms with Gasteiger partial charge in [0.15, 0.2) is 0 Å². The minimum Gasteiger partial charge on any atom is -0.384 e. The second-order valence-corrected chi connectivity index (χ2v) is 4.79. The van der Waals surface area contributed by atoms with Crippen LogP contribution in [0.3, 0.4) is 0 Å². The Labute approximate surface area is 120 Å². The van der Waals surface area contributed by atoms with E-state index >= 15 is 0 Å². The minimum atomic E-state index is -4.45. The van der Waals surface area contributed by atoms with E-state index in [2.05, 4.69) is 15.4 Å². The van der Waals surface area contributed by atoms with Crippen molar-refractivity contribution in [2.45, 2.75) is 26.6 Å². The second kappa shape index (κ2) is 5.27. The van der Waals surface area contributed by atoms with Crippen LogP contribution >= 0.6 is 0 Å². The first-order chi connectivity index (χ1) is 9.68. The predicted octanol–water partition coefficient (Wildman–Crippen LogP) is 2.65. The molecule has 5 nitrogen and oxygen atoms in total. The van der Waals surface area contributed by atoms with Gasteiger partial charge in [-0.1, -0.05) is 0 Å². The molecular weight excluding hydrogens is 283 g/mol. The summed E-state index contributed by atoms with van der Waals surface area (Å²) in [5, 5.41) is 7.11. The van der Waals surface area contributed by atoms with Gasteiger partial charge in [-0.15, -0.1) is 0 Å². The number of nitrogens with zero attached hydrogens (tertiary/aromatic N) is 3. The van der Waals surface area contributed by atoms with Crippen molar-refractivity contribution in [2.24, 2.45) is 7.05 Å². The molecule has 0 spiro atoms. The molecule has 0 amide bonds. The summed E-state index contributed by atoms with van der Waals surface area (Å²) in [6.07, 6.45) is -4.45. The molecule has 2 rings (SSSR count). The fourth-order valence-corrected chi connectivity index (χ4v) is 2.06. The quantitative estimate of drug-likeness (QED) is 0.914. The van der Waals surface area contributed by atoms with E-state index < -0.39 is 11.7 Å². The maximum absolute atomic E-state index is 12.7. The first-order valence-corrected chi connectivity index (χ1v) is 6.26. The van der Waals surface area contributed by atoms with Gasteiger partial charge >= 0.3 is 6.18 Å². The number of rotatable bonds is 3. The molecule has 0 bridgehead atoms. The fraction of sp³-hybridized carbons (Fsp3) is 0.385. The predicted molar refractivity (Wildman–Crippen MR) is 73.7 cm³/mol. The Kier molecular flexibility index (Phi) is 3.80. The van der Waals surface area contributed by atoms with Crippen LogP contribution in [0.2, 0.25) is 0 Å². The fourth-order valence-electron chi connectivity index (χ4n) is 2.06. The van der Waals surface area contributed by atoms with E-state index in [-0.39, 0.29) is 11.6 Å². The molecule has 2 aromatic heterocycles. The highest BCUT2D eigenvalue weighted by atomic mass is 19.4. The molecule has 0 atom stereocenters. The normalized spacial score (nSPS) is 11.7. The smallest absolute Gasteiger partial charge is 0.384 e. The average Bonchev–Trinajstić information content (AvgIpc) is 2.59. The van der Waals surface area contributed by atoms with Crippen LogP contribution in [0, 0.1) is 13.8 Å². The van der Waals surface area contributed by atoms with E-state index in [1.807, 2.05) is 20.9 Å². The highest BCUT2D eigenvalue weighted by Gasteiger charge is 2.31. The van der Waals surface area contributed by atoms with Crippen LogP contribution in [0.25, 0.3) is 0 Å². The number of nitrogens with one attached hydrogen (secondary N) is 1. The Balaban J connectivity index is 2.22. The monoisotopic (exact) mass is 299 g/mol. The summed E-state index contributed by atoms with van der Waals surface area (Å²) < 4.78 is 39.9. The Morgan fingerprint density at radius 2 is 1.95 bits per heavy atom. The molecule has 0 aromatic carbocycles. The maximum Gasteiger partial charge on any atom is 0.416 e. The summed E-state index contributed by atoms with van der Waals surface area (Å²) in [6.45, 7) is 4.07. The van der Waals surface area contributed by atoms with Gasteiger partial charge < -0.3 is 11.1 Å². The van der Waals surface area contributed by atoms with Crippen LogP contribution in [0.5, 0.6) is 0 Å². The zero-order valence-corrected chi connectivity index (χ0v) is 11.9. The number of aryl methyl sites for hydroxylation is 2. The van der Waals surface area contributed by atoms with Gasteiger partial charge in [0.2, 0.25) is 0 Å². The first kappa shape index (κ1) is 15.1. The zero-order valence-electron chi connectivity index (χ0n) is 11.9. The zero-order chi connectivity index (χ0) is 15.8. The molecule has 0 radical (unpaired) electrons. The lowest BCUT2D eigenvalue weighted by Gasteiger charge is -2.11. The lowest BCUT2D eigenvalue weighted by molar-refractivity contribution is -0.137. The Bertz CT molecular complexity index is 661. The molecule has 0 fully saturated rings. The van der Waals surface area contributed by atoms with Crippen LogP contribution in [-0.2, 0) is 19.8 Å². The van der Waals surface area contributed by atoms with Crippen molar-refractivity contribution in [1.82, 2.24) is 14.8 Å². The van der Waals surface area contributed by atoms with E-state index in [0.717, 1.165) is 29.1 Å². The molecule has 2 heterocycles. The summed E-state index contributed by atoms with van der Waals surface area (Å²) >= 11 is 0. The van der Waals surface area contributed by atoms with Crippen LogP contribution in [0.15, 0.2) is 12.1 Å². The Morgan fingerprint density at radius 1 is 1.29 bits per heavy atom. The number of halogens is 3. The van der Waals surface area contributed by atoms with Gasteiger partial charge in [0.25, 0.3) is 0 Å². The largest absolute Gasteiger partial charge is 0.416 e. The SMILES string of the molecule is Cc1nn(C)c(C)c1CNc1cc(C(F)(F)F)cc(N)n1. The number of pyridine rings is 1. The number of anilines is 2. The molecule has 0 saturated heterocycles. The maximum atomic E-state index is 12.7. The highest BCUT2D eigenvalue weighted by molar-refractivity contribution is 5.48. The summed E-state index contributed by atoms with van der Waals surface area (Å²) in [5.41, 5.74) is 7.29. The number of aromatic nitrogens is 3. The van der Waals surface area contributed by atoms with Gasteiger partial charge in [0.05, 0.1) is 11.3 Å². The lowest BCUT2D eigenvalue weighted by Crippen LogP contribution is -2.10. The number of alkyl halides is 3. The van der Waals surface area contributed by atoms with E-state index in [1.165, 1.54) is 0 Å². The molecule has 3 N–H and O–H groups in total. The minimum absolute atomic E-state index is 0.0879.